The number of allylic oxidation sites excluding steroid dienone is 2. The molecule has 2 nitrogen and oxygen atoms in total. The van der Waals surface area contributed by atoms with Crippen molar-refractivity contribution in [1.82, 2.24) is 4.98 Å². The summed E-state index contributed by atoms with van der Waals surface area (Å²) in [6.07, 6.45) is 9.27. The summed E-state index contributed by atoms with van der Waals surface area (Å²) in [7, 11) is 0. The molecule has 1 aromatic heterocycles. The van der Waals surface area contributed by atoms with Gasteiger partial charge in [0.25, 0.3) is 0 Å². The number of rotatable bonds is 1. The van der Waals surface area contributed by atoms with Crippen LogP contribution in [0.25, 0.3) is 0 Å². The van der Waals surface area contributed by atoms with E-state index < -0.39 is 0 Å². The molecule has 21 heavy (non-hydrogen) atoms. The lowest BCUT2D eigenvalue weighted by Gasteiger charge is -2.38. The Labute approximate surface area is 133 Å². The Morgan fingerprint density at radius 1 is 1.14 bits per heavy atom. The van der Waals surface area contributed by atoms with Crippen molar-refractivity contribution >= 4 is 28.9 Å². The van der Waals surface area contributed by atoms with E-state index in [9.17, 15) is 0 Å². The molecule has 4 heteroatoms. The van der Waals surface area contributed by atoms with Crippen molar-refractivity contribution in [2.24, 2.45) is 5.92 Å². The number of nitrogens with zero attached hydrogens (tertiary/aromatic N) is 1. The van der Waals surface area contributed by atoms with Gasteiger partial charge in [-0.2, -0.15) is 0 Å². The SMILES string of the molecule is Clc1ccc(Cl)c2c1N[C@@H](c1cccnc1)[C@H]1CC=C[C@H]21. The molecule has 0 radical (unpaired) electrons. The standard InChI is InChI=1S/C17H14Cl2N2/c18-13-6-7-14(19)17-15(13)11-4-1-5-12(11)16(21-17)10-3-2-8-20-9-10/h1-4,6-9,11-12,16,21H,5H2/t11-,12-,16-/m0/s1. The molecule has 1 aromatic carbocycles. The van der Waals surface area contributed by atoms with Gasteiger partial charge >= 0.3 is 0 Å². The molecule has 1 aliphatic heterocycles. The van der Waals surface area contributed by atoms with E-state index in [2.05, 4.69) is 28.5 Å². The number of hydrogen-bond donors (Lipinski definition) is 1. The number of nitrogens with one attached hydrogen (secondary N) is 1. The van der Waals surface area contributed by atoms with Crippen LogP contribution in [0.5, 0.6) is 0 Å². The van der Waals surface area contributed by atoms with Crippen LogP contribution in [0.4, 0.5) is 5.69 Å². The lowest BCUT2D eigenvalue weighted by Crippen LogP contribution is -2.29. The molecule has 0 unspecified atom stereocenters. The fourth-order valence-electron chi connectivity index (χ4n) is 3.52. The Bertz CT molecular complexity index is 712. The minimum Gasteiger partial charge on any atom is -0.376 e. The van der Waals surface area contributed by atoms with Crippen LogP contribution in [-0.2, 0) is 0 Å². The average molecular weight is 317 g/mol. The molecule has 0 saturated heterocycles. The first-order valence-corrected chi connectivity index (χ1v) is 7.82. The summed E-state index contributed by atoms with van der Waals surface area (Å²) in [6, 6.07) is 8.04. The number of pyridine rings is 1. The van der Waals surface area contributed by atoms with Gasteiger partial charge in [-0.1, -0.05) is 41.4 Å². The Hall–Kier alpha value is -1.51. The second kappa shape index (κ2) is 5.04. The molecule has 2 heterocycles. The van der Waals surface area contributed by atoms with Gasteiger partial charge in [0, 0.05) is 28.9 Å². The highest BCUT2D eigenvalue weighted by Gasteiger charge is 2.39. The van der Waals surface area contributed by atoms with Gasteiger partial charge in [-0.25, -0.2) is 0 Å². The van der Waals surface area contributed by atoms with E-state index in [0.29, 0.717) is 11.8 Å². The number of hydrogen-bond acceptors (Lipinski definition) is 2. The Kier molecular flexibility index (Phi) is 3.16. The van der Waals surface area contributed by atoms with E-state index in [1.807, 2.05) is 24.4 Å². The molecule has 3 atom stereocenters. The first-order chi connectivity index (χ1) is 10.3. The van der Waals surface area contributed by atoms with Crippen LogP contribution in [0.1, 0.15) is 29.5 Å². The normalized spacial score (nSPS) is 26.1. The van der Waals surface area contributed by atoms with Crippen LogP contribution in [-0.4, -0.2) is 4.98 Å². The van der Waals surface area contributed by atoms with Gasteiger partial charge in [0.2, 0.25) is 0 Å². The van der Waals surface area contributed by atoms with Gasteiger partial charge < -0.3 is 5.32 Å². The highest BCUT2D eigenvalue weighted by molar-refractivity contribution is 6.36. The number of anilines is 1. The summed E-state index contributed by atoms with van der Waals surface area (Å²) < 4.78 is 0. The quantitative estimate of drug-likeness (QED) is 0.730. The molecule has 0 saturated carbocycles. The number of aromatic nitrogens is 1. The maximum Gasteiger partial charge on any atom is 0.0641 e. The summed E-state index contributed by atoms with van der Waals surface area (Å²) >= 11 is 12.8. The highest BCUT2D eigenvalue weighted by atomic mass is 35.5. The molecule has 4 rings (SSSR count). The van der Waals surface area contributed by atoms with Gasteiger partial charge in [0.05, 0.1) is 16.8 Å². The van der Waals surface area contributed by atoms with Crippen molar-refractivity contribution in [3.05, 3.63) is 70.0 Å². The molecular weight excluding hydrogens is 303 g/mol. The van der Waals surface area contributed by atoms with Crippen molar-refractivity contribution in [2.45, 2.75) is 18.4 Å². The van der Waals surface area contributed by atoms with Crippen molar-refractivity contribution < 1.29 is 0 Å². The number of benzene rings is 1. The van der Waals surface area contributed by atoms with E-state index in [1.54, 1.807) is 6.20 Å². The summed E-state index contributed by atoms with van der Waals surface area (Å²) in [4.78, 5) is 4.25. The molecule has 2 aromatic rings. The third-order valence-corrected chi connectivity index (χ3v) is 5.10. The average Bonchev–Trinajstić information content (AvgIpc) is 3.00. The van der Waals surface area contributed by atoms with Crippen molar-refractivity contribution in [3.8, 4) is 0 Å². The van der Waals surface area contributed by atoms with Gasteiger partial charge in [0.1, 0.15) is 0 Å². The summed E-state index contributed by atoms with van der Waals surface area (Å²) in [5.74, 6) is 0.773. The number of fused-ring (bicyclic) bond motifs is 3. The lowest BCUT2D eigenvalue weighted by atomic mass is 9.77. The molecule has 2 aliphatic rings. The highest BCUT2D eigenvalue weighted by Crippen LogP contribution is 2.53. The largest absolute Gasteiger partial charge is 0.376 e. The topological polar surface area (TPSA) is 24.9 Å². The summed E-state index contributed by atoms with van der Waals surface area (Å²) in [6.45, 7) is 0. The van der Waals surface area contributed by atoms with Crippen LogP contribution < -0.4 is 5.32 Å². The van der Waals surface area contributed by atoms with Gasteiger partial charge in [-0.3, -0.25) is 4.98 Å². The van der Waals surface area contributed by atoms with E-state index >= 15 is 0 Å². The molecule has 106 valence electrons. The molecule has 0 spiro atoms. The Morgan fingerprint density at radius 2 is 2.00 bits per heavy atom. The van der Waals surface area contributed by atoms with Crippen molar-refractivity contribution in [2.75, 3.05) is 5.32 Å². The summed E-state index contributed by atoms with van der Waals surface area (Å²) in [5, 5.41) is 5.11. The molecule has 1 aliphatic carbocycles. The van der Waals surface area contributed by atoms with Gasteiger partial charge in [-0.05, 0) is 36.1 Å². The van der Waals surface area contributed by atoms with Crippen molar-refractivity contribution in [3.63, 3.8) is 0 Å². The zero-order valence-corrected chi connectivity index (χ0v) is 12.8. The molecule has 0 bridgehead atoms. The van der Waals surface area contributed by atoms with Crippen molar-refractivity contribution in [1.29, 1.82) is 0 Å². The van der Waals surface area contributed by atoms with Gasteiger partial charge in [-0.15, -0.1) is 0 Å². The second-order valence-corrected chi connectivity index (χ2v) is 6.39. The lowest BCUT2D eigenvalue weighted by molar-refractivity contribution is 0.425. The first-order valence-electron chi connectivity index (χ1n) is 7.06. The number of halogens is 2. The Morgan fingerprint density at radius 3 is 2.81 bits per heavy atom. The Balaban J connectivity index is 1.86. The zero-order chi connectivity index (χ0) is 14.4. The zero-order valence-electron chi connectivity index (χ0n) is 11.3. The fourth-order valence-corrected chi connectivity index (χ4v) is 4.02. The first kappa shape index (κ1) is 13.2. The van der Waals surface area contributed by atoms with Crippen LogP contribution in [0.15, 0.2) is 48.8 Å². The molecule has 0 amide bonds. The van der Waals surface area contributed by atoms with E-state index in [1.165, 1.54) is 5.56 Å². The van der Waals surface area contributed by atoms with E-state index in [-0.39, 0.29) is 6.04 Å². The third-order valence-electron chi connectivity index (χ3n) is 4.46. The van der Waals surface area contributed by atoms with E-state index in [4.69, 9.17) is 23.2 Å². The third kappa shape index (κ3) is 2.05. The molecular formula is C17H14Cl2N2. The molecule has 1 N–H and O–H groups in total. The predicted molar refractivity (Wildman–Crippen MR) is 87.1 cm³/mol. The molecule has 0 fully saturated rings. The van der Waals surface area contributed by atoms with Gasteiger partial charge in [0.15, 0.2) is 0 Å². The fraction of sp³-hybridized carbons (Fsp3) is 0.235. The maximum absolute atomic E-state index is 6.43. The smallest absolute Gasteiger partial charge is 0.0641 e. The van der Waals surface area contributed by atoms with Crippen LogP contribution in [0.3, 0.4) is 0 Å². The maximum atomic E-state index is 6.43. The van der Waals surface area contributed by atoms with E-state index in [0.717, 1.165) is 27.7 Å². The second-order valence-electron chi connectivity index (χ2n) is 5.58. The monoisotopic (exact) mass is 316 g/mol. The van der Waals surface area contributed by atoms with Crippen LogP contribution >= 0.6 is 23.2 Å². The van der Waals surface area contributed by atoms with Crippen LogP contribution in [0.2, 0.25) is 10.0 Å². The predicted octanol–water partition coefficient (Wildman–Crippen LogP) is 5.21. The van der Waals surface area contributed by atoms with Crippen LogP contribution in [0, 0.1) is 5.92 Å². The minimum atomic E-state index is 0.210. The minimum absolute atomic E-state index is 0.210. The summed E-state index contributed by atoms with van der Waals surface area (Å²) in [5.41, 5.74) is 3.28.